The topological polar surface area (TPSA) is 54.4 Å². The van der Waals surface area contributed by atoms with Crippen LogP contribution >= 0.6 is 0 Å². The Kier molecular flexibility index (Phi) is 6.77. The van der Waals surface area contributed by atoms with Crippen LogP contribution in [0.3, 0.4) is 0 Å². The van der Waals surface area contributed by atoms with Crippen LogP contribution in [-0.2, 0) is 20.7 Å². The van der Waals surface area contributed by atoms with Gasteiger partial charge < -0.3 is 14.4 Å². The van der Waals surface area contributed by atoms with Gasteiger partial charge in [0.2, 0.25) is 0 Å². The lowest BCUT2D eigenvalue weighted by Crippen LogP contribution is -2.49. The molecule has 0 aromatic heterocycles. The lowest BCUT2D eigenvalue weighted by atomic mass is 9.99. The Bertz CT molecular complexity index is 904. The van der Waals surface area contributed by atoms with E-state index in [4.69, 9.17) is 14.5 Å². The minimum Gasteiger partial charge on any atom is -0.464 e. The Balaban J connectivity index is 1.38. The van der Waals surface area contributed by atoms with Crippen molar-refractivity contribution in [2.75, 3.05) is 52.5 Å². The molecule has 0 amide bonds. The maximum absolute atomic E-state index is 11.3. The lowest BCUT2D eigenvalue weighted by Gasteiger charge is -2.36. The fourth-order valence-corrected chi connectivity index (χ4v) is 4.02. The van der Waals surface area contributed by atoms with Crippen molar-refractivity contribution in [3.05, 3.63) is 65.2 Å². The summed E-state index contributed by atoms with van der Waals surface area (Å²) in [4.78, 5) is 21.2. The van der Waals surface area contributed by atoms with Crippen LogP contribution in [0.15, 0.2) is 53.5 Å². The molecule has 0 unspecified atom stereocenters. The van der Waals surface area contributed by atoms with Crippen LogP contribution in [0.2, 0.25) is 0 Å². The quantitative estimate of drug-likeness (QED) is 0.544. The van der Waals surface area contributed by atoms with Crippen molar-refractivity contribution in [2.45, 2.75) is 13.3 Å². The van der Waals surface area contributed by atoms with Gasteiger partial charge in [-0.15, -0.1) is 0 Å². The summed E-state index contributed by atoms with van der Waals surface area (Å²) in [5.41, 5.74) is 4.91. The molecular weight excluding hydrogens is 378 g/mol. The van der Waals surface area contributed by atoms with Gasteiger partial charge in [-0.1, -0.05) is 42.5 Å². The van der Waals surface area contributed by atoms with Crippen LogP contribution in [0.5, 0.6) is 0 Å². The predicted octanol–water partition coefficient (Wildman–Crippen LogP) is 2.87. The number of nitrogens with zero attached hydrogens (tertiary/aromatic N) is 3. The van der Waals surface area contributed by atoms with Crippen molar-refractivity contribution in [1.82, 2.24) is 9.80 Å². The van der Waals surface area contributed by atoms with E-state index in [2.05, 4.69) is 58.3 Å². The number of rotatable bonds is 6. The second-order valence-corrected chi connectivity index (χ2v) is 7.58. The van der Waals surface area contributed by atoms with Crippen LogP contribution in [0, 0.1) is 0 Å². The minimum atomic E-state index is -0.298. The number of hydrogen-bond acceptors (Lipinski definition) is 6. The molecule has 0 bridgehead atoms. The predicted molar refractivity (Wildman–Crippen MR) is 117 cm³/mol. The van der Waals surface area contributed by atoms with E-state index in [0.717, 1.165) is 50.7 Å². The molecule has 2 aromatic carbocycles. The lowest BCUT2D eigenvalue weighted by molar-refractivity contribution is -0.148. The van der Waals surface area contributed by atoms with E-state index in [1.807, 2.05) is 0 Å². The normalized spacial score (nSPS) is 16.3. The highest BCUT2D eigenvalue weighted by atomic mass is 16.6. The summed E-state index contributed by atoms with van der Waals surface area (Å²) in [7, 11) is 0. The zero-order valence-corrected chi connectivity index (χ0v) is 17.5. The Morgan fingerprint density at radius 2 is 1.73 bits per heavy atom. The molecule has 30 heavy (non-hydrogen) atoms. The van der Waals surface area contributed by atoms with Crippen LogP contribution in [0.1, 0.15) is 23.6 Å². The van der Waals surface area contributed by atoms with E-state index in [1.54, 1.807) is 6.92 Å². The molecule has 158 valence electrons. The molecule has 2 heterocycles. The third-order valence-corrected chi connectivity index (χ3v) is 5.61. The maximum Gasteiger partial charge on any atom is 0.332 e. The average molecular weight is 408 g/mol. The Hall–Kier alpha value is -2.70. The molecule has 1 fully saturated rings. The number of para-hydroxylation sites is 1. The summed E-state index contributed by atoms with van der Waals surface area (Å²) in [5, 5.41) is 0. The molecule has 0 N–H and O–H groups in total. The van der Waals surface area contributed by atoms with Crippen molar-refractivity contribution in [2.24, 2.45) is 4.99 Å². The monoisotopic (exact) mass is 407 g/mol. The summed E-state index contributed by atoms with van der Waals surface area (Å²) in [5.74, 6) is 0.779. The van der Waals surface area contributed by atoms with Crippen molar-refractivity contribution < 1.29 is 14.3 Å². The third kappa shape index (κ3) is 4.89. The minimum absolute atomic E-state index is 0.0286. The average Bonchev–Trinajstić information content (AvgIpc) is 2.94. The molecule has 1 saturated heterocycles. The molecule has 0 radical (unpaired) electrons. The highest BCUT2D eigenvalue weighted by Gasteiger charge is 2.24. The second-order valence-electron chi connectivity index (χ2n) is 7.58. The molecule has 2 aromatic rings. The highest BCUT2D eigenvalue weighted by molar-refractivity contribution is 6.02. The van der Waals surface area contributed by atoms with Crippen LogP contribution in [0.4, 0.5) is 5.69 Å². The van der Waals surface area contributed by atoms with Gasteiger partial charge >= 0.3 is 5.97 Å². The van der Waals surface area contributed by atoms with Gasteiger partial charge in [0.15, 0.2) is 0 Å². The van der Waals surface area contributed by atoms with E-state index >= 15 is 0 Å². The summed E-state index contributed by atoms with van der Waals surface area (Å²) in [6.45, 7) is 7.32. The van der Waals surface area contributed by atoms with Crippen LogP contribution in [-0.4, -0.2) is 74.1 Å². The summed E-state index contributed by atoms with van der Waals surface area (Å²) in [6.07, 6.45) is 0.914. The summed E-state index contributed by atoms with van der Waals surface area (Å²) >= 11 is 0. The molecule has 2 aliphatic heterocycles. The first-order valence-corrected chi connectivity index (χ1v) is 10.7. The zero-order chi connectivity index (χ0) is 20.8. The standard InChI is InChI=1S/C24H29N3O3/c1-2-30-23(28)18-29-16-15-26-11-13-27(14-12-26)24-21-9-5-3-7-19(21)17-20-8-4-6-10-22(20)25-24/h3-10H,2,11-18H2,1H3. The van der Waals surface area contributed by atoms with Crippen molar-refractivity contribution in [1.29, 1.82) is 0 Å². The summed E-state index contributed by atoms with van der Waals surface area (Å²) in [6, 6.07) is 17.0. The molecule has 0 atom stereocenters. The van der Waals surface area contributed by atoms with E-state index < -0.39 is 0 Å². The number of fused-ring (bicyclic) bond motifs is 2. The van der Waals surface area contributed by atoms with E-state index in [1.165, 1.54) is 16.7 Å². The third-order valence-electron chi connectivity index (χ3n) is 5.61. The first-order valence-electron chi connectivity index (χ1n) is 10.7. The highest BCUT2D eigenvalue weighted by Crippen LogP contribution is 2.29. The van der Waals surface area contributed by atoms with Gasteiger partial charge in [-0.2, -0.15) is 0 Å². The van der Waals surface area contributed by atoms with Gasteiger partial charge in [-0.05, 0) is 24.1 Å². The maximum atomic E-state index is 11.3. The van der Waals surface area contributed by atoms with Gasteiger partial charge in [0.25, 0.3) is 0 Å². The van der Waals surface area contributed by atoms with Gasteiger partial charge in [0, 0.05) is 44.7 Å². The number of piperazine rings is 1. The molecule has 4 rings (SSSR count). The van der Waals surface area contributed by atoms with Gasteiger partial charge in [0.1, 0.15) is 12.4 Å². The Morgan fingerprint density at radius 3 is 2.53 bits per heavy atom. The molecule has 6 nitrogen and oxygen atoms in total. The van der Waals surface area contributed by atoms with Crippen molar-refractivity contribution >= 4 is 17.5 Å². The number of benzene rings is 2. The molecule has 6 heteroatoms. The van der Waals surface area contributed by atoms with Crippen molar-refractivity contribution in [3.8, 4) is 0 Å². The van der Waals surface area contributed by atoms with Crippen LogP contribution < -0.4 is 0 Å². The molecular formula is C24H29N3O3. The Morgan fingerprint density at radius 1 is 1.00 bits per heavy atom. The first-order chi connectivity index (χ1) is 14.7. The number of aliphatic imine (C=N–C) groups is 1. The molecule has 0 saturated carbocycles. The number of carbonyl (C=O) groups excluding carboxylic acids is 1. The SMILES string of the molecule is CCOC(=O)COCCN1CCN(C2=Nc3ccccc3Cc3ccccc32)CC1. The second kappa shape index (κ2) is 9.87. The van der Waals surface area contributed by atoms with E-state index in [0.29, 0.717) is 13.2 Å². The van der Waals surface area contributed by atoms with Gasteiger partial charge in [-0.25, -0.2) is 9.79 Å². The smallest absolute Gasteiger partial charge is 0.332 e. The first kappa shape index (κ1) is 20.6. The fraction of sp³-hybridized carbons (Fsp3) is 0.417. The number of amidine groups is 1. The summed E-state index contributed by atoms with van der Waals surface area (Å²) < 4.78 is 10.3. The number of esters is 1. The van der Waals surface area contributed by atoms with Crippen LogP contribution in [0.25, 0.3) is 0 Å². The largest absolute Gasteiger partial charge is 0.464 e. The number of hydrogen-bond donors (Lipinski definition) is 0. The fourth-order valence-electron chi connectivity index (χ4n) is 4.02. The Labute approximate surface area is 178 Å². The number of ether oxygens (including phenoxy) is 2. The molecule has 0 aliphatic carbocycles. The molecule has 0 spiro atoms. The molecule has 2 aliphatic rings. The number of carbonyl (C=O) groups is 1. The van der Waals surface area contributed by atoms with Gasteiger partial charge in [0.05, 0.1) is 18.9 Å². The van der Waals surface area contributed by atoms with Crippen molar-refractivity contribution in [3.63, 3.8) is 0 Å². The van der Waals surface area contributed by atoms with Gasteiger partial charge in [-0.3, -0.25) is 4.90 Å². The zero-order valence-electron chi connectivity index (χ0n) is 17.5. The van der Waals surface area contributed by atoms with E-state index in [-0.39, 0.29) is 12.6 Å². The van der Waals surface area contributed by atoms with E-state index in [9.17, 15) is 4.79 Å².